The molecule has 0 spiro atoms. The Morgan fingerprint density at radius 2 is 1.26 bits per heavy atom. The third kappa shape index (κ3) is 3.12. The number of phenolic OH excluding ortho intramolecular Hbond substituents is 1. The van der Waals surface area contributed by atoms with Crippen molar-refractivity contribution < 1.29 is 18.3 Å². The van der Waals surface area contributed by atoms with E-state index in [-0.39, 0.29) is 11.3 Å². The Hall–Kier alpha value is -3.34. The van der Waals surface area contributed by atoms with Gasteiger partial charge in [-0.1, -0.05) is 54.6 Å². The van der Waals surface area contributed by atoms with Crippen molar-refractivity contribution in [1.82, 2.24) is 4.98 Å². The number of phenols is 1. The number of hydrogen-bond donors (Lipinski definition) is 1. The standard InChI is InChI=1S/C22H14F3NO/c23-22(24,25)18-11-4-10-17(21(18)27)20-13-5-12-19(26-20)16-9-3-7-14-6-1-2-8-15(14)16/h1-13,27H. The smallest absolute Gasteiger partial charge is 0.419 e. The maximum absolute atomic E-state index is 13.1. The summed E-state index contributed by atoms with van der Waals surface area (Å²) in [6.45, 7) is 0. The van der Waals surface area contributed by atoms with Crippen molar-refractivity contribution >= 4 is 10.8 Å². The molecule has 0 atom stereocenters. The Balaban J connectivity index is 1.87. The Morgan fingerprint density at radius 1 is 0.667 bits per heavy atom. The fourth-order valence-corrected chi connectivity index (χ4v) is 3.16. The number of alkyl halides is 3. The van der Waals surface area contributed by atoms with Gasteiger partial charge in [-0.25, -0.2) is 4.98 Å². The molecule has 0 radical (unpaired) electrons. The van der Waals surface area contributed by atoms with Crippen molar-refractivity contribution in [2.45, 2.75) is 6.18 Å². The van der Waals surface area contributed by atoms with Crippen LogP contribution in [-0.2, 0) is 6.18 Å². The molecule has 0 saturated carbocycles. The highest BCUT2D eigenvalue weighted by atomic mass is 19.4. The van der Waals surface area contributed by atoms with Crippen LogP contribution in [0.15, 0.2) is 78.9 Å². The van der Waals surface area contributed by atoms with Crippen molar-refractivity contribution in [3.8, 4) is 28.3 Å². The number of benzene rings is 3. The van der Waals surface area contributed by atoms with E-state index >= 15 is 0 Å². The van der Waals surface area contributed by atoms with Crippen LogP contribution in [0.1, 0.15) is 5.56 Å². The van der Waals surface area contributed by atoms with Crippen LogP contribution in [0.3, 0.4) is 0 Å². The van der Waals surface area contributed by atoms with Crippen LogP contribution in [0.2, 0.25) is 0 Å². The predicted molar refractivity (Wildman–Crippen MR) is 99.3 cm³/mol. The molecule has 1 aromatic heterocycles. The average molecular weight is 365 g/mol. The van der Waals surface area contributed by atoms with Crippen molar-refractivity contribution in [3.05, 3.63) is 84.4 Å². The molecule has 0 fully saturated rings. The summed E-state index contributed by atoms with van der Waals surface area (Å²) in [6, 6.07) is 22.3. The first-order valence-electron chi connectivity index (χ1n) is 8.30. The first-order chi connectivity index (χ1) is 12.9. The second-order valence-corrected chi connectivity index (χ2v) is 6.13. The summed E-state index contributed by atoms with van der Waals surface area (Å²) in [6.07, 6.45) is -4.63. The number of rotatable bonds is 2. The molecule has 1 heterocycles. The summed E-state index contributed by atoms with van der Waals surface area (Å²) in [4.78, 5) is 4.52. The summed E-state index contributed by atoms with van der Waals surface area (Å²) in [7, 11) is 0. The van der Waals surface area contributed by atoms with Crippen molar-refractivity contribution in [2.75, 3.05) is 0 Å². The lowest BCUT2D eigenvalue weighted by Gasteiger charge is -2.13. The van der Waals surface area contributed by atoms with Gasteiger partial charge in [0.2, 0.25) is 0 Å². The summed E-state index contributed by atoms with van der Waals surface area (Å²) in [5, 5.41) is 12.2. The van der Waals surface area contributed by atoms with Gasteiger partial charge in [0.1, 0.15) is 5.75 Å². The third-order valence-corrected chi connectivity index (χ3v) is 4.43. The zero-order chi connectivity index (χ0) is 19.0. The van der Waals surface area contributed by atoms with Crippen LogP contribution in [0, 0.1) is 0 Å². The lowest BCUT2D eigenvalue weighted by atomic mass is 10.0. The molecule has 5 heteroatoms. The molecule has 0 aliphatic heterocycles. The molecule has 0 amide bonds. The van der Waals surface area contributed by atoms with E-state index in [4.69, 9.17) is 0 Å². The van der Waals surface area contributed by atoms with Crippen LogP contribution in [0.25, 0.3) is 33.3 Å². The van der Waals surface area contributed by atoms with Gasteiger partial charge in [-0.15, -0.1) is 0 Å². The first kappa shape index (κ1) is 17.1. The number of aromatic hydroxyl groups is 1. The van der Waals surface area contributed by atoms with Crippen molar-refractivity contribution in [1.29, 1.82) is 0 Å². The van der Waals surface area contributed by atoms with Gasteiger partial charge in [-0.3, -0.25) is 0 Å². The molecule has 3 aromatic carbocycles. The SMILES string of the molecule is Oc1c(-c2cccc(-c3cccc4ccccc34)n2)cccc1C(F)(F)F. The number of fused-ring (bicyclic) bond motifs is 1. The molecule has 2 nitrogen and oxygen atoms in total. The largest absolute Gasteiger partial charge is 0.507 e. The molecule has 27 heavy (non-hydrogen) atoms. The zero-order valence-electron chi connectivity index (χ0n) is 14.0. The van der Waals surface area contributed by atoms with E-state index in [9.17, 15) is 18.3 Å². The van der Waals surface area contributed by atoms with Crippen LogP contribution in [0.4, 0.5) is 13.2 Å². The van der Waals surface area contributed by atoms with Crippen LogP contribution >= 0.6 is 0 Å². The highest BCUT2D eigenvalue weighted by molar-refractivity contribution is 5.96. The molecular formula is C22H14F3NO. The molecule has 0 unspecified atom stereocenters. The Kier molecular flexibility index (Phi) is 4.07. The number of aromatic nitrogens is 1. The molecule has 0 bridgehead atoms. The Bertz CT molecular complexity index is 1130. The van der Waals surface area contributed by atoms with Crippen LogP contribution in [-0.4, -0.2) is 10.1 Å². The first-order valence-corrected chi connectivity index (χ1v) is 8.30. The van der Waals surface area contributed by atoms with E-state index < -0.39 is 17.5 Å². The lowest BCUT2D eigenvalue weighted by molar-refractivity contribution is -0.138. The minimum absolute atomic E-state index is 0.0481. The fourth-order valence-electron chi connectivity index (χ4n) is 3.16. The number of nitrogens with zero attached hydrogens (tertiary/aromatic N) is 1. The summed E-state index contributed by atoms with van der Waals surface area (Å²) in [5.41, 5.74) is 0.760. The zero-order valence-corrected chi connectivity index (χ0v) is 14.0. The molecule has 0 aliphatic rings. The van der Waals surface area contributed by atoms with Gasteiger partial charge in [-0.2, -0.15) is 13.2 Å². The number of hydrogen-bond acceptors (Lipinski definition) is 2. The quantitative estimate of drug-likeness (QED) is 0.453. The van der Waals surface area contributed by atoms with Crippen LogP contribution in [0.5, 0.6) is 5.75 Å². The van der Waals surface area contributed by atoms with Gasteiger partial charge in [0, 0.05) is 11.1 Å². The molecule has 1 N–H and O–H groups in total. The third-order valence-electron chi connectivity index (χ3n) is 4.43. The minimum atomic E-state index is -4.63. The molecule has 134 valence electrons. The molecule has 4 rings (SSSR count). The predicted octanol–water partition coefficient (Wildman–Crippen LogP) is 6.29. The van der Waals surface area contributed by atoms with Gasteiger partial charge < -0.3 is 5.11 Å². The second kappa shape index (κ2) is 6.43. The highest BCUT2D eigenvalue weighted by Gasteiger charge is 2.34. The van der Waals surface area contributed by atoms with E-state index in [0.29, 0.717) is 5.69 Å². The van der Waals surface area contributed by atoms with E-state index in [1.807, 2.05) is 42.5 Å². The number of pyridine rings is 1. The lowest BCUT2D eigenvalue weighted by Crippen LogP contribution is -2.05. The molecule has 0 saturated heterocycles. The van der Waals surface area contributed by atoms with E-state index in [0.717, 1.165) is 22.4 Å². The summed E-state index contributed by atoms with van der Waals surface area (Å²) >= 11 is 0. The topological polar surface area (TPSA) is 33.1 Å². The number of halogens is 3. The van der Waals surface area contributed by atoms with Crippen LogP contribution < -0.4 is 0 Å². The molecular weight excluding hydrogens is 351 g/mol. The fraction of sp³-hybridized carbons (Fsp3) is 0.0455. The Labute approximate surface area is 153 Å². The average Bonchev–Trinajstić information content (AvgIpc) is 2.67. The van der Waals surface area contributed by atoms with Gasteiger partial charge in [0.15, 0.2) is 0 Å². The summed E-state index contributed by atoms with van der Waals surface area (Å²) < 4.78 is 39.2. The molecule has 0 aliphatic carbocycles. The normalized spacial score (nSPS) is 11.7. The van der Waals surface area contributed by atoms with Gasteiger partial charge in [0.25, 0.3) is 0 Å². The van der Waals surface area contributed by atoms with E-state index in [1.165, 1.54) is 12.1 Å². The minimum Gasteiger partial charge on any atom is -0.507 e. The number of para-hydroxylation sites is 1. The van der Waals surface area contributed by atoms with Gasteiger partial charge in [0.05, 0.1) is 17.0 Å². The molecule has 4 aromatic rings. The maximum atomic E-state index is 13.1. The van der Waals surface area contributed by atoms with Gasteiger partial charge >= 0.3 is 6.18 Å². The monoisotopic (exact) mass is 365 g/mol. The summed E-state index contributed by atoms with van der Waals surface area (Å²) in [5.74, 6) is -0.812. The Morgan fingerprint density at radius 3 is 2.04 bits per heavy atom. The second-order valence-electron chi connectivity index (χ2n) is 6.13. The van der Waals surface area contributed by atoms with Crippen molar-refractivity contribution in [3.63, 3.8) is 0 Å². The van der Waals surface area contributed by atoms with Crippen molar-refractivity contribution in [2.24, 2.45) is 0 Å². The van der Waals surface area contributed by atoms with E-state index in [1.54, 1.807) is 18.2 Å². The maximum Gasteiger partial charge on any atom is 0.419 e. The van der Waals surface area contributed by atoms with E-state index in [2.05, 4.69) is 4.98 Å². The highest BCUT2D eigenvalue weighted by Crippen LogP contribution is 2.41. The van der Waals surface area contributed by atoms with Gasteiger partial charge in [-0.05, 0) is 35.0 Å².